The van der Waals surface area contributed by atoms with Gasteiger partial charge < -0.3 is 20.1 Å². The number of morpholine rings is 1. The molecule has 1 aliphatic rings. The summed E-state index contributed by atoms with van der Waals surface area (Å²) in [5.74, 6) is -0.602. The van der Waals surface area contributed by atoms with Gasteiger partial charge in [-0.3, -0.25) is 9.59 Å². The minimum atomic E-state index is -0.776. The number of aliphatic hydroxyl groups excluding tert-OH is 1. The summed E-state index contributed by atoms with van der Waals surface area (Å²) in [5.41, 5.74) is 1.69. The highest BCUT2D eigenvalue weighted by Gasteiger charge is 2.33. The van der Waals surface area contributed by atoms with Crippen molar-refractivity contribution >= 4 is 23.4 Å². The lowest BCUT2D eigenvalue weighted by atomic mass is 10.0. The third kappa shape index (κ3) is 4.81. The van der Waals surface area contributed by atoms with Gasteiger partial charge in [-0.2, -0.15) is 0 Å². The van der Waals surface area contributed by atoms with E-state index in [0.717, 1.165) is 0 Å². The zero-order valence-electron chi connectivity index (χ0n) is 16.6. The van der Waals surface area contributed by atoms with Crippen LogP contribution in [-0.2, 0) is 9.53 Å². The lowest BCUT2D eigenvalue weighted by Crippen LogP contribution is -2.50. The number of aromatic nitrogens is 3. The molecule has 9 nitrogen and oxygen atoms in total. The molecule has 3 heterocycles. The fourth-order valence-electron chi connectivity index (χ4n) is 3.13. The number of nitrogens with one attached hydrogen (secondary N) is 1. The normalized spacial score (nSPS) is 19.8. The van der Waals surface area contributed by atoms with Crippen LogP contribution in [-0.4, -0.2) is 69.1 Å². The summed E-state index contributed by atoms with van der Waals surface area (Å²) in [6, 6.07) is 4.88. The molecule has 3 rings (SSSR count). The van der Waals surface area contributed by atoms with E-state index < -0.39 is 18.3 Å². The van der Waals surface area contributed by atoms with Crippen LogP contribution in [0.2, 0.25) is 5.15 Å². The third-order valence-corrected chi connectivity index (χ3v) is 4.92. The van der Waals surface area contributed by atoms with Gasteiger partial charge in [0.15, 0.2) is 0 Å². The van der Waals surface area contributed by atoms with Crippen LogP contribution in [0.1, 0.15) is 29.1 Å². The lowest BCUT2D eigenvalue weighted by Gasteiger charge is -2.39. The number of hydrogen-bond donors (Lipinski definition) is 2. The smallest absolute Gasteiger partial charge is 0.269 e. The van der Waals surface area contributed by atoms with Gasteiger partial charge >= 0.3 is 0 Å². The molecule has 2 aromatic rings. The third-order valence-electron chi connectivity index (χ3n) is 4.73. The van der Waals surface area contributed by atoms with Crippen molar-refractivity contribution in [1.82, 2.24) is 25.2 Å². The Morgan fingerprint density at radius 1 is 1.33 bits per heavy atom. The van der Waals surface area contributed by atoms with Gasteiger partial charge in [0.2, 0.25) is 5.91 Å². The molecule has 3 atom stereocenters. The van der Waals surface area contributed by atoms with Crippen molar-refractivity contribution in [2.45, 2.75) is 25.2 Å². The van der Waals surface area contributed by atoms with Gasteiger partial charge in [-0.05, 0) is 36.8 Å². The molecule has 0 aliphatic carbocycles. The predicted octanol–water partition coefficient (Wildman–Crippen LogP) is 1.39. The first-order chi connectivity index (χ1) is 14.3. The Kier molecular flexibility index (Phi) is 6.76. The molecule has 2 aromatic heterocycles. The minimum Gasteiger partial charge on any atom is -0.391 e. The van der Waals surface area contributed by atoms with Gasteiger partial charge in [0.1, 0.15) is 29.4 Å². The van der Waals surface area contributed by atoms with E-state index in [9.17, 15) is 14.7 Å². The zero-order valence-corrected chi connectivity index (χ0v) is 17.3. The number of carbonyl (C=O) groups excluding carboxylic acids is 2. The van der Waals surface area contributed by atoms with Crippen LogP contribution >= 0.6 is 11.6 Å². The summed E-state index contributed by atoms with van der Waals surface area (Å²) < 4.78 is 6.02. The number of halogens is 1. The van der Waals surface area contributed by atoms with Crippen LogP contribution in [0.3, 0.4) is 0 Å². The summed E-state index contributed by atoms with van der Waals surface area (Å²) in [5, 5.41) is 12.7. The van der Waals surface area contributed by atoms with Gasteiger partial charge in [0, 0.05) is 13.6 Å². The van der Waals surface area contributed by atoms with E-state index in [2.05, 4.69) is 26.8 Å². The first-order valence-electron chi connectivity index (χ1n) is 9.29. The Balaban J connectivity index is 1.97. The van der Waals surface area contributed by atoms with Gasteiger partial charge in [0.05, 0.1) is 24.0 Å². The van der Waals surface area contributed by atoms with E-state index in [-0.39, 0.29) is 35.8 Å². The SMILES string of the molecule is C=CC(=O)N1C[C@H](c2cc(Cl)nc(-c3cc(C(=O)NC)ncn3)c2)O[C@@H]([C@@H](C)O)C1. The maximum atomic E-state index is 12.2. The van der Waals surface area contributed by atoms with Crippen LogP contribution in [0.15, 0.2) is 37.2 Å². The van der Waals surface area contributed by atoms with Crippen molar-refractivity contribution in [2.24, 2.45) is 0 Å². The number of nitrogens with zero attached hydrogens (tertiary/aromatic N) is 4. The predicted molar refractivity (Wildman–Crippen MR) is 110 cm³/mol. The molecular weight excluding hydrogens is 410 g/mol. The van der Waals surface area contributed by atoms with Gasteiger partial charge in [-0.25, -0.2) is 15.0 Å². The van der Waals surface area contributed by atoms with Crippen molar-refractivity contribution < 1.29 is 19.4 Å². The fraction of sp³-hybridized carbons (Fsp3) is 0.350. The molecule has 2 N–H and O–H groups in total. The maximum Gasteiger partial charge on any atom is 0.269 e. The molecule has 2 amide bonds. The second kappa shape index (κ2) is 9.29. The number of amides is 2. The summed E-state index contributed by atoms with van der Waals surface area (Å²) >= 11 is 6.24. The monoisotopic (exact) mass is 431 g/mol. The van der Waals surface area contributed by atoms with E-state index in [1.165, 1.54) is 25.5 Å². The molecule has 30 heavy (non-hydrogen) atoms. The van der Waals surface area contributed by atoms with E-state index >= 15 is 0 Å². The second-order valence-corrected chi connectivity index (χ2v) is 7.21. The fourth-order valence-corrected chi connectivity index (χ4v) is 3.35. The van der Waals surface area contributed by atoms with Crippen LogP contribution in [0, 0.1) is 0 Å². The van der Waals surface area contributed by atoms with Gasteiger partial charge in [-0.15, -0.1) is 0 Å². The standard InChI is InChI=1S/C20H22ClN5O4/c1-4-19(28)26-8-16(11(2)27)30-17(9-26)12-5-14(25-18(21)6-12)13-7-15(20(29)22-3)24-10-23-13/h4-7,10-11,16-17,27H,1,8-9H2,2-3H3,(H,22,29)/t11-,16-,17-/m1/s1. The van der Waals surface area contributed by atoms with E-state index in [1.807, 2.05) is 0 Å². The molecular formula is C20H22ClN5O4. The highest BCUT2D eigenvalue weighted by molar-refractivity contribution is 6.29. The minimum absolute atomic E-state index is 0.191. The molecule has 158 valence electrons. The van der Waals surface area contributed by atoms with Crippen molar-refractivity contribution in [3.8, 4) is 11.4 Å². The topological polar surface area (TPSA) is 118 Å². The number of aliphatic hydroxyl groups is 1. The quantitative estimate of drug-likeness (QED) is 0.542. The van der Waals surface area contributed by atoms with Crippen LogP contribution in [0.5, 0.6) is 0 Å². The summed E-state index contributed by atoms with van der Waals surface area (Å²) in [6.07, 6.45) is 0.617. The Morgan fingerprint density at radius 3 is 2.77 bits per heavy atom. The highest BCUT2D eigenvalue weighted by atomic mass is 35.5. The first kappa shape index (κ1) is 21.8. The number of rotatable bonds is 5. The Hall–Kier alpha value is -2.88. The van der Waals surface area contributed by atoms with Crippen molar-refractivity contribution in [3.05, 3.63) is 53.6 Å². The second-order valence-electron chi connectivity index (χ2n) is 6.83. The summed E-state index contributed by atoms with van der Waals surface area (Å²) in [6.45, 7) is 5.66. The Morgan fingerprint density at radius 2 is 2.10 bits per heavy atom. The summed E-state index contributed by atoms with van der Waals surface area (Å²) in [4.78, 5) is 38.0. The largest absolute Gasteiger partial charge is 0.391 e. The Bertz CT molecular complexity index is 968. The van der Waals surface area contributed by atoms with E-state index in [0.29, 0.717) is 17.0 Å². The first-order valence-corrected chi connectivity index (χ1v) is 9.67. The maximum absolute atomic E-state index is 12.2. The van der Waals surface area contributed by atoms with Crippen molar-refractivity contribution in [3.63, 3.8) is 0 Å². The molecule has 0 radical (unpaired) electrons. The molecule has 0 saturated carbocycles. The number of ether oxygens (including phenoxy) is 1. The highest BCUT2D eigenvalue weighted by Crippen LogP contribution is 2.30. The average molecular weight is 432 g/mol. The van der Waals surface area contributed by atoms with Crippen LogP contribution in [0.25, 0.3) is 11.4 Å². The average Bonchev–Trinajstić information content (AvgIpc) is 2.77. The number of carbonyl (C=O) groups is 2. The number of pyridine rings is 1. The molecule has 1 aliphatic heterocycles. The molecule has 1 fully saturated rings. The van der Waals surface area contributed by atoms with Gasteiger partial charge in [0.25, 0.3) is 5.91 Å². The zero-order chi connectivity index (χ0) is 21.8. The molecule has 0 bridgehead atoms. The van der Waals surface area contributed by atoms with E-state index in [1.54, 1.807) is 24.0 Å². The molecule has 0 aromatic carbocycles. The molecule has 0 spiro atoms. The lowest BCUT2D eigenvalue weighted by molar-refractivity contribution is -0.152. The molecule has 10 heteroatoms. The van der Waals surface area contributed by atoms with Gasteiger partial charge in [-0.1, -0.05) is 18.2 Å². The van der Waals surface area contributed by atoms with Crippen LogP contribution in [0.4, 0.5) is 0 Å². The summed E-state index contributed by atoms with van der Waals surface area (Å²) in [7, 11) is 1.51. The van der Waals surface area contributed by atoms with Crippen molar-refractivity contribution in [2.75, 3.05) is 20.1 Å². The molecule has 1 saturated heterocycles. The Labute approximate surface area is 178 Å². The van der Waals surface area contributed by atoms with E-state index in [4.69, 9.17) is 16.3 Å². The van der Waals surface area contributed by atoms with Crippen LogP contribution < -0.4 is 5.32 Å². The molecule has 0 unspecified atom stereocenters. The number of hydrogen-bond acceptors (Lipinski definition) is 7. The van der Waals surface area contributed by atoms with Crippen molar-refractivity contribution in [1.29, 1.82) is 0 Å².